The van der Waals surface area contributed by atoms with Crippen molar-refractivity contribution in [1.82, 2.24) is 0 Å². The van der Waals surface area contributed by atoms with Gasteiger partial charge in [-0.25, -0.2) is 4.79 Å². The number of aliphatic hydroxyl groups excluding tert-OH is 1. The lowest BCUT2D eigenvalue weighted by molar-refractivity contribution is -0.146. The predicted octanol–water partition coefficient (Wildman–Crippen LogP) is 0.257. The second-order valence-electron chi connectivity index (χ2n) is 2.80. The zero-order valence-corrected chi connectivity index (χ0v) is 6.97. The van der Waals surface area contributed by atoms with Crippen LogP contribution in [-0.2, 0) is 11.2 Å². The fraction of sp³-hybridized carbons (Fsp3) is 0.222. The van der Waals surface area contributed by atoms with E-state index in [0.29, 0.717) is 5.69 Å². The molecule has 0 heterocycles. The molecule has 4 N–H and O–H groups in total. The fourth-order valence-corrected chi connectivity index (χ4v) is 1.03. The van der Waals surface area contributed by atoms with Crippen molar-refractivity contribution in [2.45, 2.75) is 12.5 Å². The van der Waals surface area contributed by atoms with Gasteiger partial charge in [0.1, 0.15) is 0 Å². The summed E-state index contributed by atoms with van der Waals surface area (Å²) < 4.78 is 0. The number of carboxylic acid groups (broad SMARTS) is 1. The van der Waals surface area contributed by atoms with Crippen molar-refractivity contribution in [1.29, 1.82) is 0 Å². The van der Waals surface area contributed by atoms with Crippen LogP contribution in [-0.4, -0.2) is 22.3 Å². The van der Waals surface area contributed by atoms with Crippen LogP contribution in [0.2, 0.25) is 0 Å². The van der Waals surface area contributed by atoms with Crippen LogP contribution in [0.5, 0.6) is 0 Å². The van der Waals surface area contributed by atoms with Crippen molar-refractivity contribution < 1.29 is 15.0 Å². The maximum atomic E-state index is 10.3. The molecule has 0 amide bonds. The SMILES string of the molecule is Nc1cccc(CC(O)C(=O)O)c1. The molecule has 0 aliphatic carbocycles. The Morgan fingerprint density at radius 1 is 1.54 bits per heavy atom. The average Bonchev–Trinajstić information content (AvgIpc) is 2.04. The molecule has 0 fully saturated rings. The molecule has 0 aliphatic rings. The van der Waals surface area contributed by atoms with Crippen LogP contribution < -0.4 is 5.73 Å². The van der Waals surface area contributed by atoms with Crippen molar-refractivity contribution in [3.63, 3.8) is 0 Å². The first-order valence-corrected chi connectivity index (χ1v) is 3.85. The van der Waals surface area contributed by atoms with Crippen molar-refractivity contribution in [3.8, 4) is 0 Å². The minimum atomic E-state index is -1.36. The van der Waals surface area contributed by atoms with Gasteiger partial charge in [-0.1, -0.05) is 12.1 Å². The summed E-state index contributed by atoms with van der Waals surface area (Å²) in [6.07, 6.45) is -1.28. The van der Waals surface area contributed by atoms with Gasteiger partial charge in [0.15, 0.2) is 6.10 Å². The summed E-state index contributed by atoms with van der Waals surface area (Å²) in [6, 6.07) is 6.80. The van der Waals surface area contributed by atoms with Crippen LogP contribution in [0.1, 0.15) is 5.56 Å². The van der Waals surface area contributed by atoms with E-state index < -0.39 is 12.1 Å². The maximum Gasteiger partial charge on any atom is 0.332 e. The Hall–Kier alpha value is -1.55. The number of benzene rings is 1. The molecule has 1 unspecified atom stereocenters. The molecule has 0 bridgehead atoms. The quantitative estimate of drug-likeness (QED) is 0.584. The number of aliphatic carboxylic acids is 1. The first kappa shape index (κ1) is 9.54. The van der Waals surface area contributed by atoms with Gasteiger partial charge < -0.3 is 15.9 Å². The molecule has 0 saturated heterocycles. The van der Waals surface area contributed by atoms with Crippen molar-refractivity contribution in [3.05, 3.63) is 29.8 Å². The van der Waals surface area contributed by atoms with Crippen LogP contribution in [0.3, 0.4) is 0 Å². The summed E-state index contributed by atoms with van der Waals surface area (Å²) in [5.74, 6) is -1.22. The number of hydrogen-bond donors (Lipinski definition) is 3. The van der Waals surface area contributed by atoms with E-state index in [1.807, 2.05) is 0 Å². The Morgan fingerprint density at radius 2 is 2.23 bits per heavy atom. The number of carbonyl (C=O) groups is 1. The Kier molecular flexibility index (Phi) is 2.87. The molecule has 1 atom stereocenters. The highest BCUT2D eigenvalue weighted by Crippen LogP contribution is 2.08. The number of aliphatic hydroxyl groups is 1. The number of rotatable bonds is 3. The summed E-state index contributed by atoms with van der Waals surface area (Å²) in [4.78, 5) is 10.3. The smallest absolute Gasteiger partial charge is 0.332 e. The van der Waals surface area contributed by atoms with Gasteiger partial charge >= 0.3 is 5.97 Å². The Bertz CT molecular complexity index is 311. The highest BCUT2D eigenvalue weighted by molar-refractivity contribution is 5.72. The molecule has 70 valence electrons. The van der Waals surface area contributed by atoms with Gasteiger partial charge in [-0.15, -0.1) is 0 Å². The van der Waals surface area contributed by atoms with Gasteiger partial charge in [0, 0.05) is 12.1 Å². The van der Waals surface area contributed by atoms with Crippen LogP contribution in [0, 0.1) is 0 Å². The van der Waals surface area contributed by atoms with Crippen molar-refractivity contribution in [2.24, 2.45) is 0 Å². The number of hydrogen-bond acceptors (Lipinski definition) is 3. The lowest BCUT2D eigenvalue weighted by Crippen LogP contribution is -2.21. The molecule has 0 saturated carbocycles. The van der Waals surface area contributed by atoms with Gasteiger partial charge in [0.2, 0.25) is 0 Å². The maximum absolute atomic E-state index is 10.3. The number of anilines is 1. The average molecular weight is 181 g/mol. The van der Waals surface area contributed by atoms with E-state index in [9.17, 15) is 4.79 Å². The largest absolute Gasteiger partial charge is 0.479 e. The zero-order chi connectivity index (χ0) is 9.84. The number of carboxylic acids is 1. The second-order valence-corrected chi connectivity index (χ2v) is 2.80. The van der Waals surface area contributed by atoms with E-state index in [2.05, 4.69) is 0 Å². The van der Waals surface area contributed by atoms with E-state index in [0.717, 1.165) is 5.56 Å². The molecule has 1 aromatic rings. The number of nitrogen functional groups attached to an aromatic ring is 1. The fourth-order valence-electron chi connectivity index (χ4n) is 1.03. The molecular weight excluding hydrogens is 170 g/mol. The topological polar surface area (TPSA) is 83.5 Å². The molecule has 4 heteroatoms. The molecule has 1 rings (SSSR count). The molecule has 1 aromatic carbocycles. The molecule has 0 aromatic heterocycles. The van der Waals surface area contributed by atoms with Gasteiger partial charge in [-0.3, -0.25) is 0 Å². The van der Waals surface area contributed by atoms with Crippen LogP contribution in [0.4, 0.5) is 5.69 Å². The molecule has 0 aliphatic heterocycles. The Balaban J connectivity index is 2.69. The summed E-state index contributed by atoms with van der Waals surface area (Å²) in [5, 5.41) is 17.5. The molecule has 0 radical (unpaired) electrons. The standard InChI is InChI=1S/C9H11NO3/c10-7-3-1-2-6(4-7)5-8(11)9(12)13/h1-4,8,11H,5,10H2,(H,12,13). The summed E-state index contributed by atoms with van der Waals surface area (Å²) in [7, 11) is 0. The monoisotopic (exact) mass is 181 g/mol. The highest BCUT2D eigenvalue weighted by Gasteiger charge is 2.13. The first-order chi connectivity index (χ1) is 6.09. The summed E-state index contributed by atoms with van der Waals surface area (Å²) in [6.45, 7) is 0. The molecule has 0 spiro atoms. The van der Waals surface area contributed by atoms with Crippen molar-refractivity contribution >= 4 is 11.7 Å². The van der Waals surface area contributed by atoms with Crippen LogP contribution in [0.15, 0.2) is 24.3 Å². The molecule has 4 nitrogen and oxygen atoms in total. The Morgan fingerprint density at radius 3 is 2.77 bits per heavy atom. The summed E-state index contributed by atoms with van der Waals surface area (Å²) >= 11 is 0. The van der Waals surface area contributed by atoms with Gasteiger partial charge in [0.05, 0.1) is 0 Å². The minimum Gasteiger partial charge on any atom is -0.479 e. The van der Waals surface area contributed by atoms with Crippen molar-refractivity contribution in [2.75, 3.05) is 5.73 Å². The number of nitrogens with two attached hydrogens (primary N) is 1. The minimum absolute atomic E-state index is 0.0837. The van der Waals surface area contributed by atoms with Gasteiger partial charge in [0.25, 0.3) is 0 Å². The van der Waals surface area contributed by atoms with Gasteiger partial charge in [-0.2, -0.15) is 0 Å². The van der Waals surface area contributed by atoms with E-state index >= 15 is 0 Å². The third-order valence-electron chi connectivity index (χ3n) is 1.67. The van der Waals surface area contributed by atoms with E-state index in [4.69, 9.17) is 15.9 Å². The third kappa shape index (κ3) is 2.76. The normalized spacial score (nSPS) is 12.4. The van der Waals surface area contributed by atoms with E-state index in [1.54, 1.807) is 24.3 Å². The zero-order valence-electron chi connectivity index (χ0n) is 6.97. The second kappa shape index (κ2) is 3.91. The van der Waals surface area contributed by atoms with E-state index in [-0.39, 0.29) is 6.42 Å². The van der Waals surface area contributed by atoms with Crippen LogP contribution in [0.25, 0.3) is 0 Å². The summed E-state index contributed by atoms with van der Waals surface area (Å²) in [5.41, 5.74) is 6.76. The van der Waals surface area contributed by atoms with Gasteiger partial charge in [-0.05, 0) is 17.7 Å². The lowest BCUT2D eigenvalue weighted by atomic mass is 10.1. The predicted molar refractivity (Wildman–Crippen MR) is 48.2 cm³/mol. The van der Waals surface area contributed by atoms with Crippen LogP contribution >= 0.6 is 0 Å². The highest BCUT2D eigenvalue weighted by atomic mass is 16.4. The molecular formula is C9H11NO3. The van der Waals surface area contributed by atoms with E-state index in [1.165, 1.54) is 0 Å². The first-order valence-electron chi connectivity index (χ1n) is 3.85. The lowest BCUT2D eigenvalue weighted by Gasteiger charge is -2.05. The third-order valence-corrected chi connectivity index (χ3v) is 1.67. The Labute approximate surface area is 75.6 Å². The molecule has 13 heavy (non-hydrogen) atoms.